The van der Waals surface area contributed by atoms with Gasteiger partial charge in [-0.05, 0) is 61.2 Å². The van der Waals surface area contributed by atoms with Gasteiger partial charge in [0.15, 0.2) is 0 Å². The molecule has 1 aliphatic heterocycles. The topological polar surface area (TPSA) is 32.3 Å². The summed E-state index contributed by atoms with van der Waals surface area (Å²) in [6.45, 7) is 2.27. The van der Waals surface area contributed by atoms with E-state index in [0.717, 1.165) is 31.6 Å². The lowest BCUT2D eigenvalue weighted by Gasteiger charge is -2.32. The summed E-state index contributed by atoms with van der Waals surface area (Å²) >= 11 is 9.49. The first-order valence-corrected chi connectivity index (χ1v) is 11.8. The number of hydrogen-bond acceptors (Lipinski definition) is 4. The minimum atomic E-state index is 0.0176. The van der Waals surface area contributed by atoms with Crippen LogP contribution >= 0.6 is 35.1 Å². The van der Waals surface area contributed by atoms with Crippen molar-refractivity contribution in [3.8, 4) is 0 Å². The fourth-order valence-electron chi connectivity index (χ4n) is 3.34. The second kappa shape index (κ2) is 8.84. The molecule has 0 fully saturated rings. The first kappa shape index (κ1) is 20.4. The summed E-state index contributed by atoms with van der Waals surface area (Å²) in [7, 11) is 0. The van der Waals surface area contributed by atoms with Crippen LogP contribution in [0.2, 0.25) is 5.02 Å². The molecular formula is C23H21ClN2OS2. The maximum absolute atomic E-state index is 13.3. The van der Waals surface area contributed by atoms with Crippen LogP contribution in [0, 0.1) is 0 Å². The molecule has 4 rings (SSSR count). The van der Waals surface area contributed by atoms with Crippen molar-refractivity contribution in [1.29, 1.82) is 0 Å². The van der Waals surface area contributed by atoms with Crippen molar-refractivity contribution in [1.82, 2.24) is 5.32 Å². The molecule has 1 N–H and O–H groups in total. The van der Waals surface area contributed by atoms with E-state index in [1.165, 1.54) is 0 Å². The Balaban J connectivity index is 1.60. The predicted molar refractivity (Wildman–Crippen MR) is 124 cm³/mol. The standard InChI is InChI=1S/C23H21ClN2OS2/c1-15(16-6-5-7-17(24)12-16)25-14-23(27)26-19-8-3-4-9-21(19)29-22-11-10-18(28-2)13-20(22)26/h3-13,15,25H,14H2,1-2H3/t15-/m0/s1. The van der Waals surface area contributed by atoms with Gasteiger partial charge in [-0.1, -0.05) is 47.6 Å². The monoisotopic (exact) mass is 440 g/mol. The lowest BCUT2D eigenvalue weighted by Crippen LogP contribution is -2.37. The van der Waals surface area contributed by atoms with Gasteiger partial charge in [0.1, 0.15) is 0 Å². The van der Waals surface area contributed by atoms with Crippen molar-refractivity contribution in [2.75, 3.05) is 17.7 Å². The Morgan fingerprint density at radius 1 is 1.07 bits per heavy atom. The molecular weight excluding hydrogens is 420 g/mol. The molecule has 1 heterocycles. The second-order valence-corrected chi connectivity index (χ2v) is 9.19. The highest BCUT2D eigenvalue weighted by atomic mass is 35.5. The lowest BCUT2D eigenvalue weighted by atomic mass is 10.1. The Hall–Kier alpha value is -1.92. The summed E-state index contributed by atoms with van der Waals surface area (Å²) in [6, 6.07) is 22.1. The highest BCUT2D eigenvalue weighted by Gasteiger charge is 2.28. The maximum Gasteiger partial charge on any atom is 0.245 e. The average Bonchev–Trinajstić information content (AvgIpc) is 2.75. The van der Waals surface area contributed by atoms with Gasteiger partial charge in [-0.2, -0.15) is 0 Å². The lowest BCUT2D eigenvalue weighted by molar-refractivity contribution is -0.117. The molecule has 1 atom stereocenters. The van der Waals surface area contributed by atoms with Gasteiger partial charge < -0.3 is 5.32 Å². The van der Waals surface area contributed by atoms with Gasteiger partial charge in [0, 0.05) is 25.8 Å². The predicted octanol–water partition coefficient (Wildman–Crippen LogP) is 6.54. The minimum Gasteiger partial charge on any atom is -0.302 e. The van der Waals surface area contributed by atoms with Crippen molar-refractivity contribution in [3.63, 3.8) is 0 Å². The third-order valence-electron chi connectivity index (χ3n) is 4.89. The van der Waals surface area contributed by atoms with Crippen LogP contribution in [0.3, 0.4) is 0 Å². The van der Waals surface area contributed by atoms with Crippen molar-refractivity contribution >= 4 is 52.4 Å². The van der Waals surface area contributed by atoms with E-state index in [9.17, 15) is 4.79 Å². The molecule has 3 nitrogen and oxygen atoms in total. The number of carbonyl (C=O) groups is 1. The molecule has 6 heteroatoms. The third kappa shape index (κ3) is 4.33. The minimum absolute atomic E-state index is 0.0176. The quantitative estimate of drug-likeness (QED) is 0.456. The molecule has 148 valence electrons. The van der Waals surface area contributed by atoms with Crippen molar-refractivity contribution in [3.05, 3.63) is 77.3 Å². The number of nitrogens with one attached hydrogen (secondary N) is 1. The van der Waals surface area contributed by atoms with E-state index < -0.39 is 0 Å². The molecule has 0 aromatic heterocycles. The van der Waals surface area contributed by atoms with E-state index in [0.29, 0.717) is 5.02 Å². The van der Waals surface area contributed by atoms with Crippen LogP contribution in [0.25, 0.3) is 0 Å². The molecule has 0 radical (unpaired) electrons. The molecule has 0 saturated heterocycles. The fourth-order valence-corrected chi connectivity index (χ4v) is 5.01. The van der Waals surface area contributed by atoms with Crippen LogP contribution in [0.4, 0.5) is 11.4 Å². The average molecular weight is 441 g/mol. The molecule has 3 aromatic carbocycles. The molecule has 29 heavy (non-hydrogen) atoms. The van der Waals surface area contributed by atoms with Crippen LogP contribution in [0.15, 0.2) is 81.4 Å². The summed E-state index contributed by atoms with van der Waals surface area (Å²) < 4.78 is 0. The van der Waals surface area contributed by atoms with Gasteiger partial charge in [-0.15, -0.1) is 11.8 Å². The van der Waals surface area contributed by atoms with Gasteiger partial charge in [0.25, 0.3) is 0 Å². The summed E-state index contributed by atoms with van der Waals surface area (Å²) in [5.41, 5.74) is 2.94. The van der Waals surface area contributed by atoms with E-state index in [1.54, 1.807) is 23.5 Å². The smallest absolute Gasteiger partial charge is 0.245 e. The first-order valence-electron chi connectivity index (χ1n) is 9.33. The number of amides is 1. The van der Waals surface area contributed by atoms with E-state index in [1.807, 2.05) is 60.5 Å². The number of halogens is 1. The normalized spacial score (nSPS) is 13.6. The number of para-hydroxylation sites is 1. The Morgan fingerprint density at radius 3 is 2.66 bits per heavy atom. The van der Waals surface area contributed by atoms with Crippen LogP contribution in [-0.4, -0.2) is 18.7 Å². The van der Waals surface area contributed by atoms with E-state index in [2.05, 4.69) is 29.6 Å². The fraction of sp³-hybridized carbons (Fsp3) is 0.174. The van der Waals surface area contributed by atoms with Crippen LogP contribution in [0.1, 0.15) is 18.5 Å². The highest BCUT2D eigenvalue weighted by molar-refractivity contribution is 8.00. The zero-order chi connectivity index (χ0) is 20.4. The van der Waals surface area contributed by atoms with Crippen LogP contribution < -0.4 is 10.2 Å². The first-order chi connectivity index (χ1) is 14.1. The van der Waals surface area contributed by atoms with Crippen LogP contribution in [-0.2, 0) is 4.79 Å². The molecule has 0 unspecified atom stereocenters. The summed E-state index contributed by atoms with van der Waals surface area (Å²) in [6.07, 6.45) is 2.05. The number of fused-ring (bicyclic) bond motifs is 2. The third-order valence-corrected chi connectivity index (χ3v) is 6.98. The summed E-state index contributed by atoms with van der Waals surface area (Å²) in [5.74, 6) is 0.0196. The number of carbonyl (C=O) groups excluding carboxylic acids is 1. The molecule has 3 aromatic rings. The maximum atomic E-state index is 13.3. The summed E-state index contributed by atoms with van der Waals surface area (Å²) in [5, 5.41) is 4.05. The SMILES string of the molecule is CSc1ccc2c(c1)N(C(=O)CN[C@@H](C)c1cccc(Cl)c1)c1ccccc1S2. The molecule has 0 bridgehead atoms. The Kier molecular flexibility index (Phi) is 6.20. The summed E-state index contributed by atoms with van der Waals surface area (Å²) in [4.78, 5) is 18.5. The largest absolute Gasteiger partial charge is 0.302 e. The zero-order valence-electron chi connectivity index (χ0n) is 16.2. The molecule has 0 spiro atoms. The van der Waals surface area contributed by atoms with Gasteiger partial charge >= 0.3 is 0 Å². The molecule has 0 saturated carbocycles. The van der Waals surface area contributed by atoms with E-state index in [4.69, 9.17) is 11.6 Å². The number of benzene rings is 3. The van der Waals surface area contributed by atoms with Gasteiger partial charge in [-0.3, -0.25) is 9.69 Å². The van der Waals surface area contributed by atoms with Crippen molar-refractivity contribution in [2.24, 2.45) is 0 Å². The van der Waals surface area contributed by atoms with Crippen molar-refractivity contribution < 1.29 is 4.79 Å². The number of hydrogen-bond donors (Lipinski definition) is 1. The Bertz CT molecular complexity index is 1060. The van der Waals surface area contributed by atoms with Gasteiger partial charge in [0.05, 0.1) is 17.9 Å². The second-order valence-electron chi connectivity index (χ2n) is 6.79. The van der Waals surface area contributed by atoms with Crippen molar-refractivity contribution in [2.45, 2.75) is 27.7 Å². The Morgan fingerprint density at radius 2 is 1.86 bits per heavy atom. The number of nitrogens with zero attached hydrogens (tertiary/aromatic N) is 1. The zero-order valence-corrected chi connectivity index (χ0v) is 18.6. The number of rotatable bonds is 5. The molecule has 1 aliphatic rings. The van der Waals surface area contributed by atoms with E-state index >= 15 is 0 Å². The number of thioether (sulfide) groups is 1. The Labute approximate surface area is 184 Å². The molecule has 1 amide bonds. The molecule has 0 aliphatic carbocycles. The van der Waals surface area contributed by atoms with Gasteiger partial charge in [-0.25, -0.2) is 0 Å². The van der Waals surface area contributed by atoms with Crippen LogP contribution in [0.5, 0.6) is 0 Å². The van der Waals surface area contributed by atoms with Gasteiger partial charge in [0.2, 0.25) is 5.91 Å². The highest BCUT2D eigenvalue weighted by Crippen LogP contribution is 2.48. The number of anilines is 2. The van der Waals surface area contributed by atoms with E-state index in [-0.39, 0.29) is 18.5 Å².